The summed E-state index contributed by atoms with van der Waals surface area (Å²) in [6.07, 6.45) is 0. The Morgan fingerprint density at radius 3 is 2.65 bits per heavy atom. The highest BCUT2D eigenvalue weighted by atomic mass is 35.5. The number of nitriles is 1. The topological polar surface area (TPSA) is 73.1 Å². The molecule has 0 fully saturated rings. The minimum Gasteiger partial charge on any atom is -0.507 e. The number of hydrogen-bond donors (Lipinski definition) is 2. The molecule has 0 unspecified atom stereocenters. The second kappa shape index (κ2) is 5.59. The van der Waals surface area contributed by atoms with Gasteiger partial charge in [-0.2, -0.15) is 5.26 Å². The van der Waals surface area contributed by atoms with Crippen molar-refractivity contribution in [1.82, 2.24) is 0 Å². The van der Waals surface area contributed by atoms with E-state index in [4.69, 9.17) is 16.9 Å². The summed E-state index contributed by atoms with van der Waals surface area (Å²) in [7, 11) is 0. The molecule has 0 bridgehead atoms. The standard InChI is InChI=1S/C14H8ClFN2O2/c15-11-5-8(7-17)1-4-12(11)18-14(20)10-3-2-9(16)6-13(10)19/h1-6,19H,(H,18,20). The quantitative estimate of drug-likeness (QED) is 0.891. The minimum atomic E-state index is -0.643. The largest absolute Gasteiger partial charge is 0.507 e. The van der Waals surface area contributed by atoms with Crippen LogP contribution in [0.5, 0.6) is 5.75 Å². The fraction of sp³-hybridized carbons (Fsp3) is 0. The van der Waals surface area contributed by atoms with Gasteiger partial charge in [0.05, 0.1) is 27.9 Å². The molecule has 0 aliphatic heterocycles. The second-order valence-electron chi connectivity index (χ2n) is 3.92. The van der Waals surface area contributed by atoms with Crippen molar-refractivity contribution in [3.63, 3.8) is 0 Å². The fourth-order valence-electron chi connectivity index (χ4n) is 1.57. The number of carbonyl (C=O) groups is 1. The third-order valence-electron chi connectivity index (χ3n) is 2.55. The first-order valence-electron chi connectivity index (χ1n) is 5.51. The minimum absolute atomic E-state index is 0.0770. The Bertz CT molecular complexity index is 726. The number of hydrogen-bond acceptors (Lipinski definition) is 3. The molecule has 0 saturated carbocycles. The maximum Gasteiger partial charge on any atom is 0.259 e. The van der Waals surface area contributed by atoms with E-state index in [0.717, 1.165) is 18.2 Å². The third-order valence-corrected chi connectivity index (χ3v) is 2.86. The van der Waals surface area contributed by atoms with Crippen molar-refractivity contribution in [3.8, 4) is 11.8 Å². The van der Waals surface area contributed by atoms with Crippen LogP contribution in [0.3, 0.4) is 0 Å². The van der Waals surface area contributed by atoms with E-state index in [1.807, 2.05) is 6.07 Å². The van der Waals surface area contributed by atoms with E-state index in [0.29, 0.717) is 11.3 Å². The maximum absolute atomic E-state index is 12.8. The molecule has 1 amide bonds. The lowest BCUT2D eigenvalue weighted by Crippen LogP contribution is -2.12. The third kappa shape index (κ3) is 2.87. The molecule has 0 saturated heterocycles. The predicted octanol–water partition coefficient (Wildman–Crippen LogP) is 3.31. The number of rotatable bonds is 2. The van der Waals surface area contributed by atoms with E-state index in [1.54, 1.807) is 0 Å². The first-order chi connectivity index (χ1) is 9.51. The normalized spacial score (nSPS) is 9.85. The van der Waals surface area contributed by atoms with Gasteiger partial charge in [0, 0.05) is 6.07 Å². The average molecular weight is 291 g/mol. The summed E-state index contributed by atoms with van der Waals surface area (Å²) in [6.45, 7) is 0. The van der Waals surface area contributed by atoms with Gasteiger partial charge < -0.3 is 10.4 Å². The molecule has 2 rings (SSSR count). The van der Waals surface area contributed by atoms with E-state index in [-0.39, 0.29) is 10.6 Å². The molecule has 4 nitrogen and oxygen atoms in total. The highest BCUT2D eigenvalue weighted by molar-refractivity contribution is 6.34. The van der Waals surface area contributed by atoms with Crippen molar-refractivity contribution < 1.29 is 14.3 Å². The number of nitrogens with zero attached hydrogens (tertiary/aromatic N) is 1. The maximum atomic E-state index is 12.8. The molecule has 2 aromatic rings. The lowest BCUT2D eigenvalue weighted by Gasteiger charge is -2.08. The Labute approximate surface area is 119 Å². The van der Waals surface area contributed by atoms with Crippen LogP contribution in [0.2, 0.25) is 5.02 Å². The summed E-state index contributed by atoms with van der Waals surface area (Å²) >= 11 is 5.92. The number of carbonyl (C=O) groups excluding carboxylic acids is 1. The summed E-state index contributed by atoms with van der Waals surface area (Å²) in [5.41, 5.74) is 0.573. The van der Waals surface area contributed by atoms with E-state index in [1.165, 1.54) is 18.2 Å². The monoisotopic (exact) mass is 290 g/mol. The van der Waals surface area contributed by atoms with E-state index < -0.39 is 17.5 Å². The first-order valence-corrected chi connectivity index (χ1v) is 5.88. The zero-order valence-electron chi connectivity index (χ0n) is 10.0. The molecule has 0 aliphatic rings. The Morgan fingerprint density at radius 1 is 1.30 bits per heavy atom. The highest BCUT2D eigenvalue weighted by Crippen LogP contribution is 2.25. The Morgan fingerprint density at radius 2 is 2.05 bits per heavy atom. The number of halogens is 2. The number of aromatic hydroxyl groups is 1. The Balaban J connectivity index is 2.26. The molecule has 0 heterocycles. The summed E-state index contributed by atoms with van der Waals surface area (Å²) in [5.74, 6) is -1.74. The van der Waals surface area contributed by atoms with Gasteiger partial charge in [-0.15, -0.1) is 0 Å². The van der Waals surface area contributed by atoms with Crippen LogP contribution < -0.4 is 5.32 Å². The summed E-state index contributed by atoms with van der Waals surface area (Å²) in [4.78, 5) is 11.9. The average Bonchev–Trinajstić information content (AvgIpc) is 2.40. The van der Waals surface area contributed by atoms with E-state index >= 15 is 0 Å². The predicted molar refractivity (Wildman–Crippen MR) is 72.2 cm³/mol. The van der Waals surface area contributed by atoms with Crippen LogP contribution in [0.25, 0.3) is 0 Å². The van der Waals surface area contributed by atoms with Gasteiger partial charge in [0.25, 0.3) is 5.91 Å². The first kappa shape index (κ1) is 13.8. The molecule has 100 valence electrons. The van der Waals surface area contributed by atoms with Crippen molar-refractivity contribution in [1.29, 1.82) is 5.26 Å². The number of phenolic OH excluding ortho intramolecular Hbond substituents is 1. The van der Waals surface area contributed by atoms with Gasteiger partial charge in [-0.25, -0.2) is 4.39 Å². The molecule has 0 aliphatic carbocycles. The van der Waals surface area contributed by atoms with Crippen molar-refractivity contribution in [2.45, 2.75) is 0 Å². The molecular weight excluding hydrogens is 283 g/mol. The van der Waals surface area contributed by atoms with Gasteiger partial charge in [0.1, 0.15) is 11.6 Å². The number of nitrogens with one attached hydrogen (secondary N) is 1. The molecule has 0 radical (unpaired) electrons. The summed E-state index contributed by atoms with van der Waals surface area (Å²) in [6, 6.07) is 9.36. The number of amides is 1. The zero-order valence-corrected chi connectivity index (χ0v) is 10.8. The van der Waals surface area contributed by atoms with Gasteiger partial charge >= 0.3 is 0 Å². The van der Waals surface area contributed by atoms with Crippen LogP contribution in [0.4, 0.5) is 10.1 Å². The Hall–Kier alpha value is -2.58. The highest BCUT2D eigenvalue weighted by Gasteiger charge is 2.13. The molecule has 2 N–H and O–H groups in total. The lowest BCUT2D eigenvalue weighted by atomic mass is 10.1. The number of benzene rings is 2. The number of anilines is 1. The van der Waals surface area contributed by atoms with Gasteiger partial charge in [0.15, 0.2) is 0 Å². The van der Waals surface area contributed by atoms with Gasteiger partial charge in [-0.1, -0.05) is 11.6 Å². The van der Waals surface area contributed by atoms with Crippen molar-refractivity contribution in [2.75, 3.05) is 5.32 Å². The molecule has 0 spiro atoms. The second-order valence-corrected chi connectivity index (χ2v) is 4.33. The molecule has 0 aromatic heterocycles. The van der Waals surface area contributed by atoms with E-state index in [9.17, 15) is 14.3 Å². The smallest absolute Gasteiger partial charge is 0.259 e. The lowest BCUT2D eigenvalue weighted by molar-refractivity contribution is 0.102. The van der Waals surface area contributed by atoms with Crippen LogP contribution in [-0.2, 0) is 0 Å². The van der Waals surface area contributed by atoms with Crippen molar-refractivity contribution in [3.05, 3.63) is 58.4 Å². The van der Waals surface area contributed by atoms with Gasteiger partial charge in [0.2, 0.25) is 0 Å². The van der Waals surface area contributed by atoms with Crippen LogP contribution in [-0.4, -0.2) is 11.0 Å². The van der Waals surface area contributed by atoms with Crippen molar-refractivity contribution in [2.24, 2.45) is 0 Å². The van der Waals surface area contributed by atoms with Crippen LogP contribution in [0.15, 0.2) is 36.4 Å². The zero-order chi connectivity index (χ0) is 14.7. The number of phenols is 1. The molecule has 20 heavy (non-hydrogen) atoms. The van der Waals surface area contributed by atoms with Crippen LogP contribution >= 0.6 is 11.6 Å². The van der Waals surface area contributed by atoms with Crippen LogP contribution in [0, 0.1) is 17.1 Å². The molecule has 0 atom stereocenters. The Kier molecular flexibility index (Phi) is 3.87. The molecule has 6 heteroatoms. The van der Waals surface area contributed by atoms with Crippen molar-refractivity contribution >= 4 is 23.2 Å². The summed E-state index contributed by atoms with van der Waals surface area (Å²) in [5, 5.41) is 20.9. The van der Waals surface area contributed by atoms with Gasteiger partial charge in [-0.3, -0.25) is 4.79 Å². The molecule has 2 aromatic carbocycles. The van der Waals surface area contributed by atoms with Crippen LogP contribution in [0.1, 0.15) is 15.9 Å². The van der Waals surface area contributed by atoms with E-state index in [2.05, 4.69) is 5.32 Å². The molecular formula is C14H8ClFN2O2. The fourth-order valence-corrected chi connectivity index (χ4v) is 1.80. The van der Waals surface area contributed by atoms with Gasteiger partial charge in [-0.05, 0) is 30.3 Å². The summed E-state index contributed by atoms with van der Waals surface area (Å²) < 4.78 is 12.8. The SMILES string of the molecule is N#Cc1ccc(NC(=O)c2ccc(F)cc2O)c(Cl)c1.